The summed E-state index contributed by atoms with van der Waals surface area (Å²) in [6.45, 7) is 2.29. The van der Waals surface area contributed by atoms with Gasteiger partial charge in [-0.05, 0) is 55.7 Å². The molecule has 0 saturated heterocycles. The van der Waals surface area contributed by atoms with Crippen LogP contribution >= 0.6 is 7.26 Å². The van der Waals surface area contributed by atoms with Gasteiger partial charge in [0.1, 0.15) is 23.2 Å². The summed E-state index contributed by atoms with van der Waals surface area (Å²) in [5, 5.41) is 4.35. The van der Waals surface area contributed by atoms with E-state index in [0.29, 0.717) is 0 Å². The molecule has 0 fully saturated rings. The van der Waals surface area contributed by atoms with E-state index in [1.54, 1.807) is 0 Å². The molecule has 1 aliphatic rings. The summed E-state index contributed by atoms with van der Waals surface area (Å²) in [6.07, 6.45) is 24.2. The van der Waals surface area contributed by atoms with E-state index < -0.39 is 7.26 Å². The minimum atomic E-state index is -1.74. The average molecular weight is 430 g/mol. The molecular formula is C30H38P+. The van der Waals surface area contributed by atoms with E-state index in [9.17, 15) is 0 Å². The van der Waals surface area contributed by atoms with Crippen molar-refractivity contribution in [2.24, 2.45) is 0 Å². The van der Waals surface area contributed by atoms with Crippen molar-refractivity contribution in [2.75, 3.05) is 6.16 Å². The molecule has 0 atom stereocenters. The van der Waals surface area contributed by atoms with E-state index in [4.69, 9.17) is 0 Å². The summed E-state index contributed by atoms with van der Waals surface area (Å²) in [5.74, 6) is 0. The van der Waals surface area contributed by atoms with Crippen LogP contribution in [0.25, 0.3) is 0 Å². The Morgan fingerprint density at radius 2 is 1.29 bits per heavy atom. The third-order valence-electron chi connectivity index (χ3n) is 6.16. The monoisotopic (exact) mass is 429 g/mol. The van der Waals surface area contributed by atoms with Gasteiger partial charge in [-0.15, -0.1) is 0 Å². The molecule has 31 heavy (non-hydrogen) atoms. The molecule has 1 aliphatic carbocycles. The lowest BCUT2D eigenvalue weighted by Crippen LogP contribution is -2.26. The first-order chi connectivity index (χ1) is 15.4. The zero-order valence-corrected chi connectivity index (χ0v) is 20.1. The summed E-state index contributed by atoms with van der Waals surface area (Å²) >= 11 is 0. The van der Waals surface area contributed by atoms with Crippen molar-refractivity contribution < 1.29 is 0 Å². The predicted molar refractivity (Wildman–Crippen MR) is 141 cm³/mol. The number of benzene rings is 2. The van der Waals surface area contributed by atoms with Crippen LogP contribution in [0.3, 0.4) is 0 Å². The highest BCUT2D eigenvalue weighted by Gasteiger charge is 2.45. The lowest BCUT2D eigenvalue weighted by Gasteiger charge is -2.27. The molecule has 0 unspecified atom stereocenters. The number of hydrogen-bond acceptors (Lipinski definition) is 0. The van der Waals surface area contributed by atoms with Crippen molar-refractivity contribution in [3.05, 3.63) is 102 Å². The Morgan fingerprint density at radius 3 is 1.90 bits per heavy atom. The van der Waals surface area contributed by atoms with Crippen LogP contribution in [0.15, 0.2) is 102 Å². The third kappa shape index (κ3) is 6.67. The molecule has 0 spiro atoms. The van der Waals surface area contributed by atoms with Gasteiger partial charge in [0.05, 0.1) is 6.16 Å². The molecule has 0 amide bonds. The standard InChI is InChI=1S/C30H38P/c1-2-3-4-5-6-7-11-20-27-31(29-23-16-12-17-24-29,30-25-18-13-19-26-30)28-21-14-9-8-10-15-22-28/h8-9,12-19,22-26H,2-7,10-11,20,27H2,1H3/q+1/b9-8-,22-15-. The van der Waals surface area contributed by atoms with Gasteiger partial charge in [-0.3, -0.25) is 0 Å². The quantitative estimate of drug-likeness (QED) is 0.181. The van der Waals surface area contributed by atoms with Crippen LogP contribution in [0.5, 0.6) is 0 Å². The van der Waals surface area contributed by atoms with Crippen LogP contribution in [-0.2, 0) is 0 Å². The third-order valence-corrected chi connectivity index (χ3v) is 10.6. The number of rotatable bonds is 12. The van der Waals surface area contributed by atoms with Crippen molar-refractivity contribution in [3.8, 4) is 0 Å². The van der Waals surface area contributed by atoms with Gasteiger partial charge in [0, 0.05) is 0 Å². The van der Waals surface area contributed by atoms with Crippen molar-refractivity contribution in [2.45, 2.75) is 64.7 Å². The minimum Gasteiger partial charge on any atom is -0.0801 e. The maximum Gasteiger partial charge on any atom is 0.145 e. The van der Waals surface area contributed by atoms with Crippen LogP contribution in [0.2, 0.25) is 0 Å². The van der Waals surface area contributed by atoms with Crippen LogP contribution in [0.4, 0.5) is 0 Å². The molecule has 0 heterocycles. The highest BCUT2D eigenvalue weighted by molar-refractivity contribution is 7.93. The molecule has 0 aliphatic heterocycles. The first-order valence-corrected chi connectivity index (χ1v) is 14.1. The lowest BCUT2D eigenvalue weighted by atomic mass is 10.1. The van der Waals surface area contributed by atoms with E-state index in [2.05, 4.69) is 104 Å². The maximum absolute atomic E-state index is 3.70. The van der Waals surface area contributed by atoms with Crippen molar-refractivity contribution in [1.29, 1.82) is 0 Å². The van der Waals surface area contributed by atoms with E-state index in [-0.39, 0.29) is 0 Å². The average Bonchev–Trinajstić information content (AvgIpc) is 2.80. The lowest BCUT2D eigenvalue weighted by molar-refractivity contribution is 0.586. The van der Waals surface area contributed by atoms with Gasteiger partial charge < -0.3 is 0 Å². The summed E-state index contributed by atoms with van der Waals surface area (Å²) < 4.78 is 0. The Morgan fingerprint density at radius 1 is 0.710 bits per heavy atom. The minimum absolute atomic E-state index is 0.989. The van der Waals surface area contributed by atoms with E-state index in [0.717, 1.165) is 6.42 Å². The molecule has 2 aromatic carbocycles. The van der Waals surface area contributed by atoms with Crippen LogP contribution in [0.1, 0.15) is 64.7 Å². The van der Waals surface area contributed by atoms with E-state index >= 15 is 0 Å². The van der Waals surface area contributed by atoms with Gasteiger partial charge in [-0.25, -0.2) is 0 Å². The first kappa shape index (κ1) is 23.5. The largest absolute Gasteiger partial charge is 0.145 e. The summed E-state index contributed by atoms with van der Waals surface area (Å²) in [6, 6.07) is 22.5. The summed E-state index contributed by atoms with van der Waals surface area (Å²) in [5.41, 5.74) is 3.70. The fourth-order valence-electron chi connectivity index (χ4n) is 4.48. The fourth-order valence-corrected chi connectivity index (χ4v) is 8.80. The smallest absolute Gasteiger partial charge is 0.0801 e. The second kappa shape index (κ2) is 13.3. The Balaban J connectivity index is 1.91. The Hall–Kier alpha value is -2.13. The zero-order chi connectivity index (χ0) is 21.6. The van der Waals surface area contributed by atoms with Gasteiger partial charge >= 0.3 is 0 Å². The first-order valence-electron chi connectivity index (χ1n) is 12.2. The molecule has 162 valence electrons. The Kier molecular flexibility index (Phi) is 10.1. The highest BCUT2D eigenvalue weighted by Crippen LogP contribution is 2.64. The SMILES string of the molecule is CCCCCCCCCC[P+](C1=C=C/C=C\C/C=C\1)(c1ccccc1)c1ccccc1. The summed E-state index contributed by atoms with van der Waals surface area (Å²) in [7, 11) is -1.74. The second-order valence-electron chi connectivity index (χ2n) is 8.44. The van der Waals surface area contributed by atoms with E-state index in [1.807, 2.05) is 0 Å². The highest BCUT2D eigenvalue weighted by atomic mass is 31.2. The second-order valence-corrected chi connectivity index (χ2v) is 12.0. The van der Waals surface area contributed by atoms with Crippen LogP contribution in [0, 0.1) is 0 Å². The van der Waals surface area contributed by atoms with Crippen molar-refractivity contribution >= 4 is 17.9 Å². The topological polar surface area (TPSA) is 0 Å². The maximum atomic E-state index is 3.70. The molecule has 0 nitrogen and oxygen atoms in total. The molecule has 3 rings (SSSR count). The van der Waals surface area contributed by atoms with Crippen LogP contribution in [-0.4, -0.2) is 6.16 Å². The number of unbranched alkanes of at least 4 members (excludes halogenated alkanes) is 7. The van der Waals surface area contributed by atoms with Gasteiger partial charge in [0.25, 0.3) is 0 Å². The molecule has 0 radical (unpaired) electrons. The fraction of sp³-hybridized carbons (Fsp3) is 0.367. The number of hydrogen-bond donors (Lipinski definition) is 0. The zero-order valence-electron chi connectivity index (χ0n) is 19.2. The molecule has 0 saturated carbocycles. The van der Waals surface area contributed by atoms with Crippen molar-refractivity contribution in [1.82, 2.24) is 0 Å². The molecule has 0 bridgehead atoms. The normalized spacial score (nSPS) is 15.7. The van der Waals surface area contributed by atoms with Crippen molar-refractivity contribution in [3.63, 3.8) is 0 Å². The number of allylic oxidation sites excluding steroid dienone is 5. The molecule has 2 aromatic rings. The molecule has 0 aromatic heterocycles. The van der Waals surface area contributed by atoms with Crippen LogP contribution < -0.4 is 10.6 Å². The summed E-state index contributed by atoms with van der Waals surface area (Å²) in [4.78, 5) is 0. The van der Waals surface area contributed by atoms with Gasteiger partial charge in [0.15, 0.2) is 0 Å². The van der Waals surface area contributed by atoms with Gasteiger partial charge in [-0.2, -0.15) is 0 Å². The van der Waals surface area contributed by atoms with Gasteiger partial charge in [0.2, 0.25) is 0 Å². The van der Waals surface area contributed by atoms with Gasteiger partial charge in [-0.1, -0.05) is 106 Å². The Labute approximate surface area is 190 Å². The van der Waals surface area contributed by atoms with E-state index in [1.165, 1.54) is 73.5 Å². The molecule has 1 heteroatoms. The molecule has 0 N–H and O–H groups in total. The Bertz CT molecular complexity index is 843. The predicted octanol–water partition coefficient (Wildman–Crippen LogP) is 8.35. The molecular weight excluding hydrogens is 391 g/mol.